The predicted octanol–water partition coefficient (Wildman–Crippen LogP) is 3.66. The van der Waals surface area contributed by atoms with Crippen LogP contribution in [-0.4, -0.2) is 11.1 Å². The Kier molecular flexibility index (Phi) is 3.97. The number of rotatable bonds is 4. The van der Waals surface area contributed by atoms with Crippen LogP contribution < -0.4 is 0 Å². The summed E-state index contributed by atoms with van der Waals surface area (Å²) < 4.78 is 0. The first-order chi connectivity index (χ1) is 7.80. The van der Waals surface area contributed by atoms with Crippen LogP contribution in [0.25, 0.3) is 0 Å². The first kappa shape index (κ1) is 13.8. The van der Waals surface area contributed by atoms with Gasteiger partial charge in [0.2, 0.25) is 0 Å². The van der Waals surface area contributed by atoms with Crippen LogP contribution in [-0.2, 0) is 11.2 Å². The molecule has 1 N–H and O–H groups in total. The molecule has 1 rings (SSSR count). The summed E-state index contributed by atoms with van der Waals surface area (Å²) in [5.74, 6) is -0.709. The Balaban J connectivity index is 3.15. The van der Waals surface area contributed by atoms with Crippen LogP contribution >= 0.6 is 0 Å². The van der Waals surface area contributed by atoms with Gasteiger partial charge in [-0.2, -0.15) is 0 Å². The van der Waals surface area contributed by atoms with Crippen molar-refractivity contribution in [1.29, 1.82) is 0 Å². The highest BCUT2D eigenvalue weighted by molar-refractivity contribution is 5.74. The van der Waals surface area contributed by atoms with Gasteiger partial charge in [0.1, 0.15) is 0 Å². The van der Waals surface area contributed by atoms with Crippen LogP contribution in [0.4, 0.5) is 0 Å². The Labute approximate surface area is 104 Å². The molecule has 17 heavy (non-hydrogen) atoms. The molecule has 2 heteroatoms. The third-order valence-corrected chi connectivity index (χ3v) is 3.70. The molecule has 1 atom stereocenters. The van der Waals surface area contributed by atoms with Gasteiger partial charge in [0.25, 0.3) is 0 Å². The summed E-state index contributed by atoms with van der Waals surface area (Å²) in [6.45, 7) is 9.96. The molecule has 0 bridgehead atoms. The number of carboxylic acid groups (broad SMARTS) is 1. The van der Waals surface area contributed by atoms with Crippen molar-refractivity contribution in [2.24, 2.45) is 5.41 Å². The molecule has 94 valence electrons. The van der Waals surface area contributed by atoms with E-state index < -0.39 is 11.4 Å². The zero-order valence-corrected chi connectivity index (χ0v) is 11.4. The maximum absolute atomic E-state index is 11.3. The molecule has 0 saturated heterocycles. The summed E-state index contributed by atoms with van der Waals surface area (Å²) in [6, 6.07) is 4.25. The minimum atomic E-state index is -0.709. The van der Waals surface area contributed by atoms with Gasteiger partial charge in [-0.1, -0.05) is 24.6 Å². The van der Waals surface area contributed by atoms with Gasteiger partial charge in [-0.05, 0) is 57.2 Å². The van der Waals surface area contributed by atoms with Crippen LogP contribution in [0, 0.1) is 26.2 Å². The Morgan fingerprint density at radius 3 is 2.06 bits per heavy atom. The second kappa shape index (κ2) is 4.91. The van der Waals surface area contributed by atoms with Crippen molar-refractivity contribution in [3.8, 4) is 0 Å². The third-order valence-electron chi connectivity index (χ3n) is 3.70. The minimum absolute atomic E-state index is 0.608. The van der Waals surface area contributed by atoms with E-state index >= 15 is 0 Å². The van der Waals surface area contributed by atoms with Crippen molar-refractivity contribution in [1.82, 2.24) is 0 Å². The van der Waals surface area contributed by atoms with E-state index in [2.05, 4.69) is 32.9 Å². The van der Waals surface area contributed by atoms with Gasteiger partial charge in [0.05, 0.1) is 5.41 Å². The van der Waals surface area contributed by atoms with Crippen LogP contribution in [0.1, 0.15) is 42.5 Å². The van der Waals surface area contributed by atoms with Gasteiger partial charge in [-0.25, -0.2) is 0 Å². The largest absolute Gasteiger partial charge is 0.481 e. The van der Waals surface area contributed by atoms with Gasteiger partial charge in [-0.15, -0.1) is 0 Å². The van der Waals surface area contributed by atoms with Crippen LogP contribution in [0.5, 0.6) is 0 Å². The fourth-order valence-corrected chi connectivity index (χ4v) is 2.23. The normalized spacial score (nSPS) is 14.4. The standard InChI is InChI=1S/C15H22O2/c1-6-15(5,14(16)17)9-13-11(3)7-10(2)8-12(13)4/h7-8H,6,9H2,1-5H3,(H,16,17). The topological polar surface area (TPSA) is 37.3 Å². The molecular weight excluding hydrogens is 212 g/mol. The average molecular weight is 234 g/mol. The van der Waals surface area contributed by atoms with Crippen LogP contribution in [0.3, 0.4) is 0 Å². The molecule has 0 fully saturated rings. The molecule has 1 aromatic rings. The van der Waals surface area contributed by atoms with E-state index in [0.717, 1.165) is 0 Å². The summed E-state index contributed by atoms with van der Waals surface area (Å²) >= 11 is 0. The Hall–Kier alpha value is -1.31. The maximum atomic E-state index is 11.3. The quantitative estimate of drug-likeness (QED) is 0.863. The monoisotopic (exact) mass is 234 g/mol. The number of benzene rings is 1. The van der Waals surface area contributed by atoms with Gasteiger partial charge >= 0.3 is 5.97 Å². The van der Waals surface area contributed by atoms with Crippen molar-refractivity contribution in [2.75, 3.05) is 0 Å². The smallest absolute Gasteiger partial charge is 0.309 e. The van der Waals surface area contributed by atoms with Crippen molar-refractivity contribution in [3.63, 3.8) is 0 Å². The highest BCUT2D eigenvalue weighted by atomic mass is 16.4. The van der Waals surface area contributed by atoms with Crippen molar-refractivity contribution < 1.29 is 9.90 Å². The zero-order valence-electron chi connectivity index (χ0n) is 11.4. The molecule has 0 saturated carbocycles. The molecule has 1 unspecified atom stereocenters. The second-order valence-corrected chi connectivity index (χ2v) is 5.27. The summed E-state index contributed by atoms with van der Waals surface area (Å²) in [5, 5.41) is 9.33. The second-order valence-electron chi connectivity index (χ2n) is 5.27. The van der Waals surface area contributed by atoms with E-state index in [1.807, 2.05) is 13.8 Å². The summed E-state index contributed by atoms with van der Waals surface area (Å²) in [7, 11) is 0. The summed E-state index contributed by atoms with van der Waals surface area (Å²) in [4.78, 5) is 11.3. The Morgan fingerprint density at radius 2 is 1.71 bits per heavy atom. The minimum Gasteiger partial charge on any atom is -0.481 e. The summed E-state index contributed by atoms with van der Waals surface area (Å²) in [6.07, 6.45) is 1.26. The average Bonchev–Trinajstić information content (AvgIpc) is 2.22. The SMILES string of the molecule is CCC(C)(Cc1c(C)cc(C)cc1C)C(=O)O. The number of carbonyl (C=O) groups is 1. The molecule has 0 heterocycles. The van der Waals surface area contributed by atoms with E-state index in [1.165, 1.54) is 22.3 Å². The van der Waals surface area contributed by atoms with Gasteiger partial charge in [0.15, 0.2) is 0 Å². The first-order valence-corrected chi connectivity index (χ1v) is 6.10. The predicted molar refractivity (Wildman–Crippen MR) is 70.4 cm³/mol. The van der Waals surface area contributed by atoms with E-state index in [9.17, 15) is 9.90 Å². The maximum Gasteiger partial charge on any atom is 0.309 e. The molecule has 0 spiro atoms. The fraction of sp³-hybridized carbons (Fsp3) is 0.533. The highest BCUT2D eigenvalue weighted by Gasteiger charge is 2.32. The Morgan fingerprint density at radius 1 is 1.24 bits per heavy atom. The number of aliphatic carboxylic acids is 1. The lowest BCUT2D eigenvalue weighted by Crippen LogP contribution is -2.29. The number of carboxylic acids is 1. The van der Waals surface area contributed by atoms with E-state index in [-0.39, 0.29) is 0 Å². The molecule has 1 aromatic carbocycles. The van der Waals surface area contributed by atoms with E-state index in [1.54, 1.807) is 0 Å². The lowest BCUT2D eigenvalue weighted by atomic mass is 9.79. The zero-order chi connectivity index (χ0) is 13.2. The molecule has 0 aliphatic rings. The van der Waals surface area contributed by atoms with Crippen molar-refractivity contribution in [3.05, 3.63) is 34.4 Å². The lowest BCUT2D eigenvalue weighted by Gasteiger charge is -2.25. The van der Waals surface area contributed by atoms with Gasteiger partial charge < -0.3 is 5.11 Å². The molecule has 0 aromatic heterocycles. The van der Waals surface area contributed by atoms with Gasteiger partial charge in [0, 0.05) is 0 Å². The van der Waals surface area contributed by atoms with E-state index in [4.69, 9.17) is 0 Å². The molecular formula is C15H22O2. The fourth-order valence-electron chi connectivity index (χ4n) is 2.23. The molecule has 0 aliphatic carbocycles. The molecule has 2 nitrogen and oxygen atoms in total. The lowest BCUT2D eigenvalue weighted by molar-refractivity contribution is -0.148. The molecule has 0 amide bonds. The highest BCUT2D eigenvalue weighted by Crippen LogP contribution is 2.30. The first-order valence-electron chi connectivity index (χ1n) is 6.10. The van der Waals surface area contributed by atoms with Crippen LogP contribution in [0.2, 0.25) is 0 Å². The van der Waals surface area contributed by atoms with Crippen molar-refractivity contribution >= 4 is 5.97 Å². The van der Waals surface area contributed by atoms with Crippen molar-refractivity contribution in [2.45, 2.75) is 47.5 Å². The number of hydrogen-bond donors (Lipinski definition) is 1. The molecule has 0 radical (unpaired) electrons. The number of aryl methyl sites for hydroxylation is 3. The number of hydrogen-bond acceptors (Lipinski definition) is 1. The third kappa shape index (κ3) is 2.87. The Bertz CT molecular complexity index is 412. The molecule has 0 aliphatic heterocycles. The van der Waals surface area contributed by atoms with Gasteiger partial charge in [-0.3, -0.25) is 4.79 Å². The summed E-state index contributed by atoms with van der Waals surface area (Å²) in [5.41, 5.74) is 4.15. The van der Waals surface area contributed by atoms with Crippen LogP contribution in [0.15, 0.2) is 12.1 Å². The van der Waals surface area contributed by atoms with E-state index in [0.29, 0.717) is 12.8 Å².